The summed E-state index contributed by atoms with van der Waals surface area (Å²) < 4.78 is 0. The van der Waals surface area contributed by atoms with E-state index >= 15 is 0 Å². The fourth-order valence-electron chi connectivity index (χ4n) is 3.05. The molecule has 0 radical (unpaired) electrons. The number of hydrogen-bond acceptors (Lipinski definition) is 4. The molecule has 0 saturated carbocycles. The summed E-state index contributed by atoms with van der Waals surface area (Å²) in [5.41, 5.74) is 1.18. The zero-order valence-corrected chi connectivity index (χ0v) is 14.6. The molecule has 0 spiro atoms. The molecular weight excluding hydrogens is 316 g/mol. The molecule has 0 bridgehead atoms. The van der Waals surface area contributed by atoms with E-state index in [0.29, 0.717) is 25.3 Å². The Kier molecular flexibility index (Phi) is 5.60. The molecule has 25 heavy (non-hydrogen) atoms. The number of piperazine rings is 1. The number of amides is 2. The molecule has 1 aliphatic rings. The fourth-order valence-corrected chi connectivity index (χ4v) is 3.05. The zero-order chi connectivity index (χ0) is 17.6. The second-order valence-electron chi connectivity index (χ2n) is 6.25. The highest BCUT2D eigenvalue weighted by atomic mass is 16.2. The Labute approximate surface area is 147 Å². The molecule has 0 unspecified atom stereocenters. The summed E-state index contributed by atoms with van der Waals surface area (Å²) in [6.07, 6.45) is 0.800. The highest BCUT2D eigenvalue weighted by Gasteiger charge is 2.23. The molecule has 1 aromatic heterocycles. The first-order valence-corrected chi connectivity index (χ1v) is 8.82. The number of pyridine rings is 1. The van der Waals surface area contributed by atoms with E-state index in [4.69, 9.17) is 0 Å². The van der Waals surface area contributed by atoms with Gasteiger partial charge in [-0.2, -0.15) is 0 Å². The molecule has 2 heterocycles. The minimum atomic E-state index is -0.184. The summed E-state index contributed by atoms with van der Waals surface area (Å²) in [5.74, 6) is -0.180. The van der Waals surface area contributed by atoms with E-state index in [2.05, 4.69) is 10.3 Å². The molecule has 0 aliphatic carbocycles. The van der Waals surface area contributed by atoms with Crippen molar-refractivity contribution >= 4 is 22.7 Å². The standard InChI is InChI=1S/C19H24N4O2/c1-2-11-23(14-18(24)22-12-9-20-10-13-22)19(25)17-8-7-15-5-3-4-6-16(15)21-17/h3-8,20H,2,9-14H2,1H3. The molecule has 2 aromatic rings. The molecule has 6 heteroatoms. The second kappa shape index (κ2) is 8.07. The SMILES string of the molecule is CCCN(CC(=O)N1CCNCC1)C(=O)c1ccc2ccccc2n1. The molecule has 1 saturated heterocycles. The molecule has 3 rings (SSSR count). The van der Waals surface area contributed by atoms with Gasteiger partial charge in [0, 0.05) is 38.1 Å². The molecule has 1 N–H and O–H groups in total. The first kappa shape index (κ1) is 17.4. The summed E-state index contributed by atoms with van der Waals surface area (Å²) in [5, 5.41) is 4.23. The van der Waals surface area contributed by atoms with Gasteiger partial charge in [-0.3, -0.25) is 9.59 Å². The monoisotopic (exact) mass is 340 g/mol. The van der Waals surface area contributed by atoms with Crippen LogP contribution in [0.2, 0.25) is 0 Å². The van der Waals surface area contributed by atoms with E-state index in [1.54, 1.807) is 11.0 Å². The molecule has 0 atom stereocenters. The lowest BCUT2D eigenvalue weighted by atomic mass is 10.2. The van der Waals surface area contributed by atoms with Crippen molar-refractivity contribution in [3.05, 3.63) is 42.1 Å². The lowest BCUT2D eigenvalue weighted by Crippen LogP contribution is -2.50. The van der Waals surface area contributed by atoms with Crippen LogP contribution in [0.5, 0.6) is 0 Å². The van der Waals surface area contributed by atoms with Gasteiger partial charge in [0.15, 0.2) is 0 Å². The largest absolute Gasteiger partial charge is 0.339 e. The molecule has 1 aromatic carbocycles. The van der Waals surface area contributed by atoms with Crippen LogP contribution < -0.4 is 5.32 Å². The minimum Gasteiger partial charge on any atom is -0.339 e. The number of rotatable bonds is 5. The molecule has 1 aliphatic heterocycles. The third-order valence-corrected chi connectivity index (χ3v) is 4.39. The fraction of sp³-hybridized carbons (Fsp3) is 0.421. The van der Waals surface area contributed by atoms with Gasteiger partial charge in [0.25, 0.3) is 5.91 Å². The Morgan fingerprint density at radius 3 is 2.68 bits per heavy atom. The quantitative estimate of drug-likeness (QED) is 0.896. The summed E-state index contributed by atoms with van der Waals surface area (Å²) in [7, 11) is 0. The number of hydrogen-bond donors (Lipinski definition) is 1. The van der Waals surface area contributed by atoms with Crippen molar-refractivity contribution in [3.8, 4) is 0 Å². The van der Waals surface area contributed by atoms with Crippen LogP contribution in [0, 0.1) is 0 Å². The lowest BCUT2D eigenvalue weighted by molar-refractivity contribution is -0.132. The van der Waals surface area contributed by atoms with Crippen molar-refractivity contribution in [1.82, 2.24) is 20.1 Å². The van der Waals surface area contributed by atoms with Crippen molar-refractivity contribution in [2.24, 2.45) is 0 Å². The number of benzene rings is 1. The van der Waals surface area contributed by atoms with E-state index in [-0.39, 0.29) is 18.4 Å². The van der Waals surface area contributed by atoms with Crippen molar-refractivity contribution in [3.63, 3.8) is 0 Å². The van der Waals surface area contributed by atoms with E-state index in [0.717, 1.165) is 30.4 Å². The van der Waals surface area contributed by atoms with Crippen LogP contribution in [0.3, 0.4) is 0 Å². The van der Waals surface area contributed by atoms with Crippen LogP contribution in [0.15, 0.2) is 36.4 Å². The van der Waals surface area contributed by atoms with Gasteiger partial charge in [0.1, 0.15) is 12.2 Å². The molecule has 2 amide bonds. The Balaban J connectivity index is 1.75. The Hall–Kier alpha value is -2.47. The molecule has 1 fully saturated rings. The summed E-state index contributed by atoms with van der Waals surface area (Å²) in [6.45, 7) is 5.66. The molecular formula is C19H24N4O2. The summed E-state index contributed by atoms with van der Waals surface area (Å²) in [6, 6.07) is 11.3. The number of carbonyl (C=O) groups is 2. The number of fused-ring (bicyclic) bond motifs is 1. The zero-order valence-electron chi connectivity index (χ0n) is 14.6. The Bertz CT molecular complexity index is 756. The normalized spacial score (nSPS) is 14.5. The van der Waals surface area contributed by atoms with Gasteiger partial charge in [-0.25, -0.2) is 4.98 Å². The van der Waals surface area contributed by atoms with Gasteiger partial charge in [-0.1, -0.05) is 31.2 Å². The van der Waals surface area contributed by atoms with E-state index in [1.807, 2.05) is 42.2 Å². The Morgan fingerprint density at radius 2 is 1.92 bits per heavy atom. The highest BCUT2D eigenvalue weighted by Crippen LogP contribution is 2.13. The predicted molar refractivity (Wildman–Crippen MR) is 97.4 cm³/mol. The maximum atomic E-state index is 12.9. The lowest BCUT2D eigenvalue weighted by Gasteiger charge is -2.30. The third-order valence-electron chi connectivity index (χ3n) is 4.39. The van der Waals surface area contributed by atoms with Crippen LogP contribution in [-0.4, -0.2) is 65.9 Å². The van der Waals surface area contributed by atoms with Gasteiger partial charge in [-0.05, 0) is 18.6 Å². The van der Waals surface area contributed by atoms with Crippen molar-refractivity contribution in [2.75, 3.05) is 39.3 Å². The summed E-state index contributed by atoms with van der Waals surface area (Å²) in [4.78, 5) is 33.3. The topological polar surface area (TPSA) is 65.5 Å². The number of nitrogens with zero attached hydrogens (tertiary/aromatic N) is 3. The average molecular weight is 340 g/mol. The summed E-state index contributed by atoms with van der Waals surface area (Å²) >= 11 is 0. The van der Waals surface area contributed by atoms with Gasteiger partial charge in [0.05, 0.1) is 5.52 Å². The van der Waals surface area contributed by atoms with Gasteiger partial charge in [-0.15, -0.1) is 0 Å². The van der Waals surface area contributed by atoms with E-state index in [1.165, 1.54) is 0 Å². The van der Waals surface area contributed by atoms with Crippen LogP contribution in [0.25, 0.3) is 10.9 Å². The van der Waals surface area contributed by atoms with Crippen LogP contribution >= 0.6 is 0 Å². The number of nitrogens with one attached hydrogen (secondary N) is 1. The van der Waals surface area contributed by atoms with Crippen LogP contribution in [-0.2, 0) is 4.79 Å². The van der Waals surface area contributed by atoms with Crippen molar-refractivity contribution < 1.29 is 9.59 Å². The van der Waals surface area contributed by atoms with Crippen molar-refractivity contribution in [1.29, 1.82) is 0 Å². The predicted octanol–water partition coefficient (Wildman–Crippen LogP) is 1.52. The maximum Gasteiger partial charge on any atom is 0.272 e. The van der Waals surface area contributed by atoms with E-state index < -0.39 is 0 Å². The number of carbonyl (C=O) groups excluding carboxylic acids is 2. The third kappa shape index (κ3) is 4.14. The smallest absolute Gasteiger partial charge is 0.272 e. The minimum absolute atomic E-state index is 0.00379. The Morgan fingerprint density at radius 1 is 1.16 bits per heavy atom. The average Bonchev–Trinajstić information content (AvgIpc) is 2.67. The molecule has 6 nitrogen and oxygen atoms in total. The van der Waals surface area contributed by atoms with Gasteiger partial charge < -0.3 is 15.1 Å². The first-order valence-electron chi connectivity index (χ1n) is 8.82. The maximum absolute atomic E-state index is 12.9. The van der Waals surface area contributed by atoms with Crippen molar-refractivity contribution in [2.45, 2.75) is 13.3 Å². The highest BCUT2D eigenvalue weighted by molar-refractivity contribution is 5.96. The van der Waals surface area contributed by atoms with Crippen LogP contribution in [0.4, 0.5) is 0 Å². The molecule has 132 valence electrons. The van der Waals surface area contributed by atoms with Crippen LogP contribution in [0.1, 0.15) is 23.8 Å². The number of aromatic nitrogens is 1. The van der Waals surface area contributed by atoms with Gasteiger partial charge in [0.2, 0.25) is 5.91 Å². The number of para-hydroxylation sites is 1. The van der Waals surface area contributed by atoms with Gasteiger partial charge >= 0.3 is 0 Å². The first-order chi connectivity index (χ1) is 12.2. The second-order valence-corrected chi connectivity index (χ2v) is 6.25. The van der Waals surface area contributed by atoms with E-state index in [9.17, 15) is 9.59 Å².